The molecule has 56 valence electrons. The van der Waals surface area contributed by atoms with Crippen LogP contribution in [0.25, 0.3) is 11.0 Å². The van der Waals surface area contributed by atoms with Gasteiger partial charge in [-0.25, -0.2) is 0 Å². The molecule has 2 aromatic rings. The molecule has 11 heavy (non-hydrogen) atoms. The monoisotopic (exact) mass is 213 g/mol. The van der Waals surface area contributed by atoms with E-state index in [0.717, 1.165) is 5.39 Å². The molecule has 4 heteroatoms. The van der Waals surface area contributed by atoms with Crippen LogP contribution in [0.5, 0.6) is 0 Å². The van der Waals surface area contributed by atoms with E-state index in [0.29, 0.717) is 10.3 Å². The van der Waals surface area contributed by atoms with Crippen LogP contribution < -0.4 is 5.56 Å². The molecule has 0 spiro atoms. The predicted octanol–water partition coefficient (Wildman–Crippen LogP) is 1.88. The number of hydrogen-bond acceptors (Lipinski definition) is 2. The summed E-state index contributed by atoms with van der Waals surface area (Å²) in [7, 11) is 0. The van der Waals surface area contributed by atoms with Gasteiger partial charge in [-0.15, -0.1) is 0 Å². The normalized spacial score (nSPS) is 10.6. The van der Waals surface area contributed by atoms with Gasteiger partial charge in [0.1, 0.15) is 0 Å². The van der Waals surface area contributed by atoms with Crippen LogP contribution in [0.3, 0.4) is 0 Å². The first-order chi connectivity index (χ1) is 5.25. The zero-order valence-corrected chi connectivity index (χ0v) is 7.01. The molecule has 0 saturated heterocycles. The molecule has 0 bridgehead atoms. The summed E-state index contributed by atoms with van der Waals surface area (Å²) < 4.78 is 5.80. The Kier molecular flexibility index (Phi) is 1.35. The van der Waals surface area contributed by atoms with Crippen LogP contribution in [0.4, 0.5) is 0 Å². The van der Waals surface area contributed by atoms with Crippen molar-refractivity contribution in [2.24, 2.45) is 0 Å². The van der Waals surface area contributed by atoms with E-state index < -0.39 is 0 Å². The molecular formula is C7H4BrNO2. The van der Waals surface area contributed by atoms with E-state index in [2.05, 4.69) is 20.9 Å². The summed E-state index contributed by atoms with van der Waals surface area (Å²) in [6.07, 6.45) is 1.54. The highest BCUT2D eigenvalue weighted by Gasteiger charge is 1.99. The van der Waals surface area contributed by atoms with Crippen molar-refractivity contribution in [1.29, 1.82) is 0 Å². The summed E-state index contributed by atoms with van der Waals surface area (Å²) in [6, 6.07) is 3.24. The Labute approximate surface area is 70.2 Å². The molecule has 0 aliphatic carbocycles. The van der Waals surface area contributed by atoms with Crippen LogP contribution in [-0.4, -0.2) is 4.98 Å². The molecule has 2 heterocycles. The summed E-state index contributed by atoms with van der Waals surface area (Å²) in [5.41, 5.74) is 0.558. The fourth-order valence-corrected chi connectivity index (χ4v) is 1.35. The van der Waals surface area contributed by atoms with E-state index in [1.54, 1.807) is 12.3 Å². The van der Waals surface area contributed by atoms with Gasteiger partial charge in [-0.05, 0) is 22.0 Å². The van der Waals surface area contributed by atoms with Crippen LogP contribution in [0, 0.1) is 0 Å². The largest absolute Gasteiger partial charge is 0.448 e. The SMILES string of the molecule is O=c1cc2cc(Br)oc2c[nH]1. The quantitative estimate of drug-likeness (QED) is 0.727. The minimum absolute atomic E-state index is 0.120. The molecule has 0 fully saturated rings. The number of aromatic amines is 1. The number of furan rings is 1. The van der Waals surface area contributed by atoms with Gasteiger partial charge in [-0.2, -0.15) is 0 Å². The van der Waals surface area contributed by atoms with Crippen LogP contribution >= 0.6 is 15.9 Å². The number of H-pyrrole nitrogens is 1. The molecular weight excluding hydrogens is 210 g/mol. The Morgan fingerprint density at radius 3 is 3.09 bits per heavy atom. The van der Waals surface area contributed by atoms with Gasteiger partial charge in [0.25, 0.3) is 0 Å². The van der Waals surface area contributed by atoms with E-state index in [1.165, 1.54) is 6.07 Å². The van der Waals surface area contributed by atoms with E-state index in [4.69, 9.17) is 4.42 Å². The van der Waals surface area contributed by atoms with E-state index in [-0.39, 0.29) is 5.56 Å². The lowest BCUT2D eigenvalue weighted by Gasteiger charge is -1.82. The molecule has 1 N–H and O–H groups in total. The number of rotatable bonds is 0. The second-order valence-corrected chi connectivity index (χ2v) is 2.95. The van der Waals surface area contributed by atoms with Crippen molar-refractivity contribution in [3.63, 3.8) is 0 Å². The van der Waals surface area contributed by atoms with Crippen LogP contribution in [0.15, 0.2) is 32.2 Å². The van der Waals surface area contributed by atoms with Crippen molar-refractivity contribution in [1.82, 2.24) is 4.98 Å². The van der Waals surface area contributed by atoms with Gasteiger partial charge < -0.3 is 9.40 Å². The number of aromatic nitrogens is 1. The van der Waals surface area contributed by atoms with Crippen molar-refractivity contribution in [3.05, 3.63) is 33.4 Å². The summed E-state index contributed by atoms with van der Waals surface area (Å²) in [6.45, 7) is 0. The van der Waals surface area contributed by atoms with Crippen molar-refractivity contribution in [2.75, 3.05) is 0 Å². The minimum Gasteiger partial charge on any atom is -0.448 e. The van der Waals surface area contributed by atoms with Crippen molar-refractivity contribution < 1.29 is 4.42 Å². The fourth-order valence-electron chi connectivity index (χ4n) is 0.932. The number of nitrogens with one attached hydrogen (secondary N) is 1. The minimum atomic E-state index is -0.120. The topological polar surface area (TPSA) is 46.0 Å². The highest BCUT2D eigenvalue weighted by atomic mass is 79.9. The lowest BCUT2D eigenvalue weighted by atomic mass is 10.3. The Morgan fingerprint density at radius 1 is 1.45 bits per heavy atom. The molecule has 0 unspecified atom stereocenters. The lowest BCUT2D eigenvalue weighted by Crippen LogP contribution is -2.00. The van der Waals surface area contributed by atoms with Gasteiger partial charge in [0.2, 0.25) is 5.56 Å². The lowest BCUT2D eigenvalue weighted by molar-refractivity contribution is 0.586. The van der Waals surface area contributed by atoms with Gasteiger partial charge in [0.05, 0.1) is 0 Å². The first-order valence-corrected chi connectivity index (χ1v) is 3.83. The van der Waals surface area contributed by atoms with Gasteiger partial charge in [-0.3, -0.25) is 4.79 Å². The summed E-state index contributed by atoms with van der Waals surface area (Å²) in [4.78, 5) is 13.3. The molecule has 3 nitrogen and oxygen atoms in total. The molecule has 0 radical (unpaired) electrons. The average molecular weight is 214 g/mol. The summed E-state index contributed by atoms with van der Waals surface area (Å²) in [5, 5.41) is 0.806. The maximum Gasteiger partial charge on any atom is 0.248 e. The summed E-state index contributed by atoms with van der Waals surface area (Å²) >= 11 is 3.17. The molecule has 0 aliphatic heterocycles. The third-order valence-electron chi connectivity index (χ3n) is 1.39. The smallest absolute Gasteiger partial charge is 0.248 e. The molecule has 0 atom stereocenters. The van der Waals surface area contributed by atoms with Crippen LogP contribution in [-0.2, 0) is 0 Å². The summed E-state index contributed by atoms with van der Waals surface area (Å²) in [5.74, 6) is 0. The van der Waals surface area contributed by atoms with E-state index >= 15 is 0 Å². The Balaban J connectivity index is 2.92. The molecule has 0 aromatic carbocycles. The number of hydrogen-bond donors (Lipinski definition) is 1. The number of fused-ring (bicyclic) bond motifs is 1. The first kappa shape index (κ1) is 6.67. The molecule has 0 saturated carbocycles. The van der Waals surface area contributed by atoms with Gasteiger partial charge in [-0.1, -0.05) is 0 Å². The van der Waals surface area contributed by atoms with Gasteiger partial charge in [0.15, 0.2) is 10.3 Å². The Morgan fingerprint density at radius 2 is 2.27 bits per heavy atom. The Bertz CT molecular complexity index is 443. The third kappa shape index (κ3) is 1.09. The maximum atomic E-state index is 10.8. The van der Waals surface area contributed by atoms with Crippen molar-refractivity contribution in [3.8, 4) is 0 Å². The third-order valence-corrected chi connectivity index (χ3v) is 1.78. The van der Waals surface area contributed by atoms with Gasteiger partial charge in [0, 0.05) is 17.6 Å². The van der Waals surface area contributed by atoms with E-state index in [9.17, 15) is 4.79 Å². The maximum absolute atomic E-state index is 10.8. The second-order valence-electron chi connectivity index (χ2n) is 2.17. The Hall–Kier alpha value is -1.03. The average Bonchev–Trinajstić information content (AvgIpc) is 2.27. The van der Waals surface area contributed by atoms with Crippen LogP contribution in [0.1, 0.15) is 0 Å². The predicted molar refractivity (Wildman–Crippen MR) is 44.5 cm³/mol. The zero-order valence-electron chi connectivity index (χ0n) is 5.43. The second kappa shape index (κ2) is 2.23. The van der Waals surface area contributed by atoms with Crippen molar-refractivity contribution >= 4 is 26.9 Å². The molecule has 2 rings (SSSR count). The number of pyridine rings is 1. The van der Waals surface area contributed by atoms with Crippen LogP contribution in [0.2, 0.25) is 0 Å². The first-order valence-electron chi connectivity index (χ1n) is 3.03. The molecule has 0 amide bonds. The zero-order chi connectivity index (χ0) is 7.84. The van der Waals surface area contributed by atoms with E-state index in [1.807, 2.05) is 0 Å². The highest BCUT2D eigenvalue weighted by molar-refractivity contribution is 9.10. The highest BCUT2D eigenvalue weighted by Crippen LogP contribution is 2.20. The number of halogens is 1. The van der Waals surface area contributed by atoms with Gasteiger partial charge >= 0.3 is 0 Å². The van der Waals surface area contributed by atoms with Crippen molar-refractivity contribution in [2.45, 2.75) is 0 Å². The standard InChI is InChI=1S/C7H4BrNO2/c8-6-1-4-2-7(10)9-3-5(4)11-6/h1-3H,(H,9,10). The fraction of sp³-hybridized carbons (Fsp3) is 0. The molecule has 2 aromatic heterocycles. The molecule has 0 aliphatic rings.